The van der Waals surface area contributed by atoms with Crippen LogP contribution in [0.4, 0.5) is 0 Å². The molecule has 46 heavy (non-hydrogen) atoms. The molecule has 1 aliphatic carbocycles. The summed E-state index contributed by atoms with van der Waals surface area (Å²) in [5.74, 6) is -0.743. The number of hydrogen-bond acceptors (Lipinski definition) is 8. The van der Waals surface area contributed by atoms with E-state index in [2.05, 4.69) is 0 Å². The molecule has 0 unspecified atom stereocenters. The van der Waals surface area contributed by atoms with Crippen LogP contribution in [0.5, 0.6) is 0 Å². The van der Waals surface area contributed by atoms with E-state index >= 15 is 0 Å². The Morgan fingerprint density at radius 3 is 1.15 bits per heavy atom. The van der Waals surface area contributed by atoms with Gasteiger partial charge in [-0.15, -0.1) is 0 Å². The first-order valence-corrected chi connectivity index (χ1v) is 17.2. The Hall–Kier alpha value is -3.17. The van der Waals surface area contributed by atoms with E-state index in [-0.39, 0.29) is 32.6 Å². The molecule has 0 saturated heterocycles. The molecule has 0 heterocycles. The third kappa shape index (κ3) is 9.22. The number of aliphatic hydroxyl groups excluding tert-OH is 1. The van der Waals surface area contributed by atoms with Crippen LogP contribution in [0.2, 0.25) is 0 Å². The number of aliphatic hydroxyl groups is 1. The van der Waals surface area contributed by atoms with Gasteiger partial charge in [0, 0.05) is 20.1 Å². The Morgan fingerprint density at radius 2 is 0.804 bits per heavy atom. The quantitative estimate of drug-likeness (QED) is 0.133. The highest BCUT2D eigenvalue weighted by Crippen LogP contribution is 2.51. The zero-order valence-electron chi connectivity index (χ0n) is 26.3. The number of benzene rings is 4. The van der Waals surface area contributed by atoms with Crippen LogP contribution in [0.15, 0.2) is 121 Å². The lowest BCUT2D eigenvalue weighted by molar-refractivity contribution is -0.258. The SMILES string of the molecule is COP(=O)(C[C@H]1[C@H](O)[C@@H](OCc2ccccc2)[C@H](OCc2ccccc2)[C@@H](OCc2ccccc2)[C@@H]1OCc1ccccc1)OC. The smallest absolute Gasteiger partial charge is 0.330 e. The largest absolute Gasteiger partial charge is 0.390 e. The van der Waals surface area contributed by atoms with Gasteiger partial charge in [0.05, 0.1) is 44.8 Å². The van der Waals surface area contributed by atoms with Crippen molar-refractivity contribution in [2.75, 3.05) is 20.4 Å². The molecule has 244 valence electrons. The Balaban J connectivity index is 1.53. The molecule has 1 N–H and O–H groups in total. The molecule has 9 heteroatoms. The van der Waals surface area contributed by atoms with Gasteiger partial charge in [0.1, 0.15) is 18.3 Å². The van der Waals surface area contributed by atoms with Gasteiger partial charge in [0.2, 0.25) is 0 Å². The predicted octanol–water partition coefficient (Wildman–Crippen LogP) is 6.80. The lowest BCUT2D eigenvalue weighted by Crippen LogP contribution is -2.64. The highest BCUT2D eigenvalue weighted by molar-refractivity contribution is 7.53. The van der Waals surface area contributed by atoms with Crippen LogP contribution < -0.4 is 0 Å². The fourth-order valence-electron chi connectivity index (χ4n) is 5.80. The van der Waals surface area contributed by atoms with Crippen LogP contribution in [-0.4, -0.2) is 56.0 Å². The summed E-state index contributed by atoms with van der Waals surface area (Å²) < 4.78 is 50.8. The van der Waals surface area contributed by atoms with Crippen molar-refractivity contribution in [2.24, 2.45) is 5.92 Å². The molecule has 0 radical (unpaired) electrons. The van der Waals surface area contributed by atoms with E-state index in [1.54, 1.807) is 0 Å². The average molecular weight is 647 g/mol. The standard InChI is InChI=1S/C37H43O8P/c1-40-46(39,41-2)27-32-33(38)35(43-24-29-17-9-4-10-18-29)37(45-26-31-21-13-6-14-22-31)36(44-25-30-19-11-5-12-20-30)34(32)42-23-28-15-7-3-8-16-28/h3-22,32-38H,23-27H2,1-2H3/t32-,33-,34+,35+,36-,37-/m0/s1. The molecule has 4 aromatic rings. The van der Waals surface area contributed by atoms with E-state index in [0.29, 0.717) is 0 Å². The van der Waals surface area contributed by atoms with Crippen molar-refractivity contribution in [2.45, 2.75) is 56.9 Å². The maximum absolute atomic E-state index is 13.6. The summed E-state index contributed by atoms with van der Waals surface area (Å²) in [6.45, 7) is 1.00. The number of rotatable bonds is 16. The van der Waals surface area contributed by atoms with E-state index in [9.17, 15) is 9.67 Å². The van der Waals surface area contributed by atoms with Crippen molar-refractivity contribution in [3.63, 3.8) is 0 Å². The molecule has 4 aromatic carbocycles. The Morgan fingerprint density at radius 1 is 0.500 bits per heavy atom. The molecular formula is C37H43O8P. The minimum Gasteiger partial charge on any atom is -0.390 e. The van der Waals surface area contributed by atoms with Crippen molar-refractivity contribution < 1.29 is 37.7 Å². The lowest BCUT2D eigenvalue weighted by atomic mass is 9.78. The summed E-state index contributed by atoms with van der Waals surface area (Å²) in [6, 6.07) is 39.2. The molecular weight excluding hydrogens is 603 g/mol. The van der Waals surface area contributed by atoms with Gasteiger partial charge in [-0.1, -0.05) is 121 Å². The van der Waals surface area contributed by atoms with Gasteiger partial charge >= 0.3 is 7.60 Å². The minimum absolute atomic E-state index is 0.109. The monoisotopic (exact) mass is 646 g/mol. The van der Waals surface area contributed by atoms with Crippen LogP contribution >= 0.6 is 7.60 Å². The first-order valence-electron chi connectivity index (χ1n) is 15.5. The lowest BCUT2D eigenvalue weighted by Gasteiger charge is -2.49. The first-order chi connectivity index (χ1) is 22.5. The molecule has 0 aromatic heterocycles. The second kappa shape index (κ2) is 17.1. The topological polar surface area (TPSA) is 92.7 Å². The molecule has 1 saturated carbocycles. The van der Waals surface area contributed by atoms with Gasteiger partial charge in [-0.3, -0.25) is 4.57 Å². The normalized spacial score (nSPS) is 23.3. The van der Waals surface area contributed by atoms with E-state index in [4.69, 9.17) is 28.0 Å². The molecule has 5 rings (SSSR count). The fourth-order valence-corrected chi connectivity index (χ4v) is 7.19. The highest BCUT2D eigenvalue weighted by atomic mass is 31.2. The molecule has 1 aliphatic rings. The van der Waals surface area contributed by atoms with Crippen LogP contribution in [0.3, 0.4) is 0 Å². The predicted molar refractivity (Wildman–Crippen MR) is 176 cm³/mol. The summed E-state index contributed by atoms with van der Waals surface area (Å²) in [5, 5.41) is 12.1. The summed E-state index contributed by atoms with van der Waals surface area (Å²) in [4.78, 5) is 0. The van der Waals surface area contributed by atoms with E-state index < -0.39 is 44.0 Å². The Bertz CT molecular complexity index is 1470. The van der Waals surface area contributed by atoms with Crippen LogP contribution in [0, 0.1) is 5.92 Å². The van der Waals surface area contributed by atoms with Crippen molar-refractivity contribution in [1.29, 1.82) is 0 Å². The zero-order chi connectivity index (χ0) is 32.2. The van der Waals surface area contributed by atoms with Crippen LogP contribution in [0.1, 0.15) is 22.3 Å². The zero-order valence-corrected chi connectivity index (χ0v) is 27.2. The van der Waals surface area contributed by atoms with Crippen molar-refractivity contribution in [1.82, 2.24) is 0 Å². The third-order valence-corrected chi connectivity index (χ3v) is 10.3. The van der Waals surface area contributed by atoms with Crippen molar-refractivity contribution in [3.05, 3.63) is 144 Å². The van der Waals surface area contributed by atoms with Crippen molar-refractivity contribution in [3.8, 4) is 0 Å². The molecule has 8 nitrogen and oxygen atoms in total. The maximum Gasteiger partial charge on any atom is 0.330 e. The van der Waals surface area contributed by atoms with Gasteiger partial charge in [-0.05, 0) is 22.3 Å². The average Bonchev–Trinajstić information content (AvgIpc) is 3.11. The highest BCUT2D eigenvalue weighted by Gasteiger charge is 2.55. The first kappa shape index (κ1) is 34.2. The third-order valence-electron chi connectivity index (χ3n) is 8.30. The number of hydrogen-bond donors (Lipinski definition) is 1. The fraction of sp³-hybridized carbons (Fsp3) is 0.351. The van der Waals surface area contributed by atoms with Crippen LogP contribution in [0.25, 0.3) is 0 Å². The summed E-state index contributed by atoms with van der Waals surface area (Å²) in [7, 11) is -0.912. The molecule has 6 atom stereocenters. The van der Waals surface area contributed by atoms with Gasteiger partial charge < -0.3 is 33.1 Å². The second-order valence-corrected chi connectivity index (χ2v) is 13.7. The van der Waals surface area contributed by atoms with E-state index in [1.807, 2.05) is 121 Å². The number of ether oxygens (including phenoxy) is 4. The van der Waals surface area contributed by atoms with Crippen molar-refractivity contribution >= 4 is 7.60 Å². The van der Waals surface area contributed by atoms with Gasteiger partial charge in [-0.25, -0.2) is 0 Å². The van der Waals surface area contributed by atoms with E-state index in [0.717, 1.165) is 22.3 Å². The second-order valence-electron chi connectivity index (χ2n) is 11.4. The van der Waals surface area contributed by atoms with E-state index in [1.165, 1.54) is 14.2 Å². The summed E-state index contributed by atoms with van der Waals surface area (Å²) in [6.07, 6.45) is -4.33. The summed E-state index contributed by atoms with van der Waals surface area (Å²) >= 11 is 0. The molecule has 0 aliphatic heterocycles. The summed E-state index contributed by atoms with van der Waals surface area (Å²) in [5.41, 5.74) is 3.82. The molecule has 0 spiro atoms. The minimum atomic E-state index is -3.60. The van der Waals surface area contributed by atoms with Crippen LogP contribution in [-0.2, 0) is 59.0 Å². The van der Waals surface area contributed by atoms with Gasteiger partial charge in [-0.2, -0.15) is 0 Å². The molecule has 0 bridgehead atoms. The maximum atomic E-state index is 13.6. The van der Waals surface area contributed by atoms with Gasteiger partial charge in [0.25, 0.3) is 0 Å². The molecule has 1 fully saturated rings. The Labute approximate surface area is 271 Å². The Kier molecular flexibility index (Phi) is 12.7. The molecule has 0 amide bonds. The van der Waals surface area contributed by atoms with Gasteiger partial charge in [0.15, 0.2) is 0 Å².